The monoisotopic (exact) mass is 390 g/mol. The van der Waals surface area contributed by atoms with Gasteiger partial charge in [0, 0.05) is 42.7 Å². The average Bonchev–Trinajstić information content (AvgIpc) is 3.38. The van der Waals surface area contributed by atoms with Gasteiger partial charge >= 0.3 is 0 Å². The molecule has 2 N–H and O–H groups in total. The molecule has 1 aliphatic carbocycles. The molecule has 148 valence electrons. The van der Waals surface area contributed by atoms with Gasteiger partial charge in [-0.05, 0) is 43.4 Å². The number of methoxy groups -OCH3 is 1. The maximum Gasteiger partial charge on any atom is 0.255 e. The van der Waals surface area contributed by atoms with Crippen molar-refractivity contribution in [2.24, 2.45) is 0 Å². The van der Waals surface area contributed by atoms with Crippen molar-refractivity contribution in [3.8, 4) is 11.1 Å². The van der Waals surface area contributed by atoms with Crippen molar-refractivity contribution in [3.63, 3.8) is 0 Å². The van der Waals surface area contributed by atoms with Crippen LogP contribution >= 0.6 is 0 Å². The van der Waals surface area contributed by atoms with Crippen LogP contribution in [0.2, 0.25) is 0 Å². The minimum absolute atomic E-state index is 0.0831. The largest absolute Gasteiger partial charge is 0.381 e. The van der Waals surface area contributed by atoms with Crippen molar-refractivity contribution in [3.05, 3.63) is 48.8 Å². The fourth-order valence-corrected chi connectivity index (χ4v) is 4.13. The Labute approximate surface area is 167 Å². The van der Waals surface area contributed by atoms with E-state index in [0.29, 0.717) is 11.7 Å². The first kappa shape index (κ1) is 17.8. The van der Waals surface area contributed by atoms with Crippen molar-refractivity contribution in [2.75, 3.05) is 7.11 Å². The Hall–Kier alpha value is -3.26. The van der Waals surface area contributed by atoms with E-state index >= 15 is 0 Å². The second kappa shape index (κ2) is 7.29. The zero-order valence-corrected chi connectivity index (χ0v) is 16.1. The van der Waals surface area contributed by atoms with E-state index in [1.54, 1.807) is 24.0 Å². The third-order valence-corrected chi connectivity index (χ3v) is 5.78. The molecule has 1 saturated carbocycles. The highest BCUT2D eigenvalue weighted by Gasteiger charge is 2.24. The molecule has 1 amide bonds. The summed E-state index contributed by atoms with van der Waals surface area (Å²) >= 11 is 0. The molecule has 0 aliphatic heterocycles. The minimum Gasteiger partial charge on any atom is -0.381 e. The lowest BCUT2D eigenvalue weighted by atomic mass is 9.93. The van der Waals surface area contributed by atoms with Gasteiger partial charge in [-0.15, -0.1) is 0 Å². The summed E-state index contributed by atoms with van der Waals surface area (Å²) in [4.78, 5) is 24.5. The van der Waals surface area contributed by atoms with Crippen LogP contribution in [0.4, 0.5) is 0 Å². The summed E-state index contributed by atoms with van der Waals surface area (Å²) in [6.07, 6.45) is 12.9. The van der Waals surface area contributed by atoms with Gasteiger partial charge in [0.1, 0.15) is 12.0 Å². The number of amides is 1. The third-order valence-electron chi connectivity index (χ3n) is 5.78. The van der Waals surface area contributed by atoms with Gasteiger partial charge < -0.3 is 15.0 Å². The highest BCUT2D eigenvalue weighted by molar-refractivity contribution is 6.02. The molecule has 0 saturated heterocycles. The molecule has 5 rings (SSSR count). The Kier molecular flexibility index (Phi) is 4.48. The zero-order valence-electron chi connectivity index (χ0n) is 16.1. The molecular weight excluding hydrogens is 368 g/mol. The molecule has 29 heavy (non-hydrogen) atoms. The minimum atomic E-state index is -0.0831. The summed E-state index contributed by atoms with van der Waals surface area (Å²) in [6.45, 7) is 0. The molecule has 0 aromatic carbocycles. The van der Waals surface area contributed by atoms with E-state index < -0.39 is 0 Å². The van der Waals surface area contributed by atoms with E-state index in [1.807, 2.05) is 24.5 Å². The van der Waals surface area contributed by atoms with E-state index in [2.05, 4.69) is 25.4 Å². The molecule has 4 aromatic rings. The van der Waals surface area contributed by atoms with Crippen LogP contribution < -0.4 is 5.32 Å². The number of H-pyrrole nitrogens is 1. The molecule has 0 unspecified atom stereocenters. The van der Waals surface area contributed by atoms with E-state index in [9.17, 15) is 4.79 Å². The lowest BCUT2D eigenvalue weighted by Crippen LogP contribution is -2.38. The Morgan fingerprint density at radius 2 is 2.14 bits per heavy atom. The normalized spacial score (nSPS) is 19.6. The topological polar surface area (TPSA) is 97.2 Å². The molecule has 1 aliphatic rings. The number of fused-ring (bicyclic) bond motifs is 2. The number of aromatic amines is 1. The molecule has 4 heterocycles. The van der Waals surface area contributed by atoms with Gasteiger partial charge in [-0.1, -0.05) is 0 Å². The number of ether oxygens (including phenoxy) is 1. The molecule has 4 aromatic heterocycles. The van der Waals surface area contributed by atoms with Crippen LogP contribution in [0.15, 0.2) is 43.2 Å². The van der Waals surface area contributed by atoms with Crippen LogP contribution in [0.3, 0.4) is 0 Å². The average molecular weight is 390 g/mol. The van der Waals surface area contributed by atoms with Gasteiger partial charge in [0.05, 0.1) is 23.4 Å². The van der Waals surface area contributed by atoms with Crippen LogP contribution in [0.1, 0.15) is 36.0 Å². The number of hydrogen-bond acceptors (Lipinski definition) is 5. The molecule has 8 nitrogen and oxygen atoms in total. The van der Waals surface area contributed by atoms with Gasteiger partial charge in [-0.2, -0.15) is 5.10 Å². The fraction of sp³-hybridized carbons (Fsp3) is 0.333. The lowest BCUT2D eigenvalue weighted by Gasteiger charge is -2.28. The quantitative estimate of drug-likeness (QED) is 0.558. The number of hydrogen-bond donors (Lipinski definition) is 2. The summed E-state index contributed by atoms with van der Waals surface area (Å²) in [5.41, 5.74) is 4.11. The van der Waals surface area contributed by atoms with Crippen LogP contribution in [0, 0.1) is 0 Å². The van der Waals surface area contributed by atoms with Crippen molar-refractivity contribution < 1.29 is 9.53 Å². The molecule has 8 heteroatoms. The van der Waals surface area contributed by atoms with E-state index in [0.717, 1.165) is 53.4 Å². The maximum absolute atomic E-state index is 12.9. The van der Waals surface area contributed by atoms with E-state index in [-0.39, 0.29) is 11.9 Å². The SMILES string of the molecule is COC1CCC(NC(=O)c2cnn3ccc(-c4c[nH]c5ncncc45)cc23)CC1. The van der Waals surface area contributed by atoms with Crippen molar-refractivity contribution in [2.45, 2.75) is 37.8 Å². The second-order valence-electron chi connectivity index (χ2n) is 7.47. The zero-order chi connectivity index (χ0) is 19.8. The van der Waals surface area contributed by atoms with Crippen LogP contribution in [-0.4, -0.2) is 49.7 Å². The first-order valence-corrected chi connectivity index (χ1v) is 9.81. The third kappa shape index (κ3) is 3.25. The number of nitrogens with one attached hydrogen (secondary N) is 2. The summed E-state index contributed by atoms with van der Waals surface area (Å²) in [6, 6.07) is 4.14. The molecule has 1 fully saturated rings. The van der Waals surface area contributed by atoms with Gasteiger partial charge in [0.2, 0.25) is 0 Å². The number of aromatic nitrogens is 5. The number of pyridine rings is 1. The van der Waals surface area contributed by atoms with Crippen molar-refractivity contribution in [1.29, 1.82) is 0 Å². The van der Waals surface area contributed by atoms with E-state index in [1.165, 1.54) is 6.33 Å². The maximum atomic E-state index is 12.9. The Morgan fingerprint density at radius 3 is 2.97 bits per heavy atom. The van der Waals surface area contributed by atoms with Gasteiger partial charge in [-0.25, -0.2) is 14.5 Å². The molecule has 0 spiro atoms. The summed E-state index contributed by atoms with van der Waals surface area (Å²) in [7, 11) is 1.75. The first-order chi connectivity index (χ1) is 14.2. The van der Waals surface area contributed by atoms with Gasteiger partial charge in [0.15, 0.2) is 0 Å². The number of carbonyl (C=O) groups excluding carboxylic acids is 1. The molecule has 0 bridgehead atoms. The molecule has 0 radical (unpaired) electrons. The lowest BCUT2D eigenvalue weighted by molar-refractivity contribution is 0.0599. The molecular formula is C21H22N6O2. The predicted octanol–water partition coefficient (Wildman–Crippen LogP) is 2.96. The summed E-state index contributed by atoms with van der Waals surface area (Å²) in [5, 5.41) is 8.46. The van der Waals surface area contributed by atoms with Crippen LogP contribution in [-0.2, 0) is 4.74 Å². The number of carbonyl (C=O) groups is 1. The first-order valence-electron chi connectivity index (χ1n) is 9.81. The van der Waals surface area contributed by atoms with Crippen molar-refractivity contribution in [1.82, 2.24) is 29.9 Å². The fourth-order valence-electron chi connectivity index (χ4n) is 4.13. The molecule has 0 atom stereocenters. The van der Waals surface area contributed by atoms with Crippen LogP contribution in [0.25, 0.3) is 27.7 Å². The Morgan fingerprint density at radius 1 is 1.28 bits per heavy atom. The predicted molar refractivity (Wildman–Crippen MR) is 109 cm³/mol. The number of nitrogens with zero attached hydrogens (tertiary/aromatic N) is 4. The summed E-state index contributed by atoms with van der Waals surface area (Å²) < 4.78 is 7.14. The Balaban J connectivity index is 1.43. The second-order valence-corrected chi connectivity index (χ2v) is 7.47. The standard InChI is InChI=1S/C21H22N6O2/c1-29-15-4-2-14(3-5-15)26-21(28)18-11-25-27-7-6-13(8-19(18)27)16-10-23-20-17(16)9-22-12-24-20/h6-12,14-15H,2-5H2,1H3,(H,26,28)(H,22,23,24). The summed E-state index contributed by atoms with van der Waals surface area (Å²) in [5.74, 6) is -0.0831. The Bertz CT molecular complexity index is 1170. The van der Waals surface area contributed by atoms with Gasteiger partial charge in [-0.3, -0.25) is 4.79 Å². The van der Waals surface area contributed by atoms with Crippen molar-refractivity contribution >= 4 is 22.5 Å². The highest BCUT2D eigenvalue weighted by atomic mass is 16.5. The van der Waals surface area contributed by atoms with Gasteiger partial charge in [0.25, 0.3) is 5.91 Å². The smallest absolute Gasteiger partial charge is 0.255 e. The number of rotatable bonds is 4. The van der Waals surface area contributed by atoms with E-state index in [4.69, 9.17) is 4.74 Å². The van der Waals surface area contributed by atoms with Crippen LogP contribution in [0.5, 0.6) is 0 Å². The highest BCUT2D eigenvalue weighted by Crippen LogP contribution is 2.29.